The average molecular weight is 1850 g/mol. The van der Waals surface area contributed by atoms with Gasteiger partial charge in [0, 0.05) is 152 Å². The molecule has 0 radical (unpaired) electrons. The van der Waals surface area contributed by atoms with Crippen molar-refractivity contribution in [3.05, 3.63) is 391 Å². The van der Waals surface area contributed by atoms with E-state index in [-0.39, 0.29) is 34.1 Å². The predicted octanol–water partition coefficient (Wildman–Crippen LogP) is 17.5. The first-order chi connectivity index (χ1) is 67.6. The molecule has 0 saturated heterocycles. The molecular weight excluding hydrogens is 1760 g/mol. The Kier molecular flexibility index (Phi) is 23.9. The summed E-state index contributed by atoms with van der Waals surface area (Å²) in [5.41, 5.74) is 19.9. The molecule has 34 heteroatoms. The Morgan fingerprint density at radius 2 is 0.601 bits per heavy atom. The number of amides is 4. The number of anilines is 5. The van der Waals surface area contributed by atoms with E-state index in [2.05, 4.69) is 66.4 Å². The van der Waals surface area contributed by atoms with Gasteiger partial charge < -0.3 is 26.5 Å². The molecule has 138 heavy (non-hydrogen) atoms. The molecule has 0 spiro atoms. The van der Waals surface area contributed by atoms with Gasteiger partial charge in [0.05, 0.1) is 75.5 Å². The molecule has 5 aromatic carbocycles. The minimum Gasteiger partial charge on any atom is -0.619 e. The minimum atomic E-state index is -3.78. The van der Waals surface area contributed by atoms with E-state index in [1.807, 2.05) is 195 Å². The molecule has 5 saturated carbocycles. The molecular formula is C104H86N25O8S+. The lowest BCUT2D eigenvalue weighted by Gasteiger charge is -2.12. The average Bonchev–Trinajstić information content (AvgIpc) is 1.62. The Morgan fingerprint density at radius 3 is 0.913 bits per heavy atom. The Balaban J connectivity index is 0.000000103. The van der Waals surface area contributed by atoms with Crippen LogP contribution in [0.4, 0.5) is 29.1 Å². The van der Waals surface area contributed by atoms with Crippen LogP contribution in [0.3, 0.4) is 0 Å². The van der Waals surface area contributed by atoms with E-state index < -0.39 is 10.0 Å². The summed E-state index contributed by atoms with van der Waals surface area (Å²) in [7, 11) is -3.78. The zero-order valence-electron chi connectivity index (χ0n) is 73.9. The number of carbonyl (C=O) groups excluding carboxylic acids is 4. The van der Waals surface area contributed by atoms with E-state index in [1.165, 1.54) is 49.3 Å². The summed E-state index contributed by atoms with van der Waals surface area (Å²) in [5.74, 6) is 4.00. The standard InChI is InChI=1S/2C21H17N5O2.2C21H17N5O.C20H17N5O2S/c27-21(16-7-4-10-25(28)13-16)24-19-11-18(15-5-2-1-3-6-15)23-20-17(14-8-9-14)12-22-26(19)20;27-21(16-8-10-25(28)11-9-16)24-19-12-18(15-4-2-1-3-5-15)23-20-17(14-6-7-14)13-22-26(19)20;27-21(16-7-4-10-22-12-16)25-19-11-18(15-5-2-1-3-6-15)24-20-17(14-8-9-14)13-23-26(19)20;27-21(16-8-10-22-11-9-16)25-19-12-18(15-4-2-1-3-5-15)24-20-17(14-6-7-14)13-23-26(19)20;26-28(27,16-8-10-21-11-9-16)24-19-12-18(15-4-2-1-3-5-15)23-20-17(14-6-7-14)13-22-25(19)20/h1-7,10-14H,8-9H2,(H,24,27);1-5,8-14H,6-7H2,(H-,22,23,24,27,28);1-7,10-14H,8-9H2,(H,25,27);1-5,8-14H,6-7H2,(H,25,27);1-5,8-14,24H,6-7H2/p+1. The van der Waals surface area contributed by atoms with Crippen molar-refractivity contribution < 1.29 is 42.3 Å². The van der Waals surface area contributed by atoms with Crippen molar-refractivity contribution in [1.82, 2.24) is 87.9 Å². The third kappa shape index (κ3) is 19.4. The van der Waals surface area contributed by atoms with Gasteiger partial charge in [-0.3, -0.25) is 44.1 Å². The zero-order valence-corrected chi connectivity index (χ0v) is 74.7. The quantitative estimate of drug-likeness (QED) is 0.0221. The normalized spacial score (nSPS) is 13.7. The minimum absolute atomic E-state index is 0.142. The van der Waals surface area contributed by atoms with Crippen molar-refractivity contribution >= 4 is 91.0 Å². The smallest absolute Gasteiger partial charge is 0.263 e. The fourth-order valence-electron chi connectivity index (χ4n) is 16.2. The van der Waals surface area contributed by atoms with Gasteiger partial charge in [-0.05, 0) is 136 Å². The Morgan fingerprint density at radius 1 is 0.312 bits per heavy atom. The number of carbonyl (C=O) groups is 4. The van der Waals surface area contributed by atoms with E-state index in [9.17, 15) is 38.0 Å². The number of nitrogens with one attached hydrogen (secondary N) is 5. The van der Waals surface area contributed by atoms with E-state index >= 15 is 0 Å². The lowest BCUT2D eigenvalue weighted by Crippen LogP contribution is -2.29. The maximum absolute atomic E-state index is 12.8. The predicted molar refractivity (Wildman–Crippen MR) is 517 cm³/mol. The van der Waals surface area contributed by atoms with Crippen LogP contribution in [0.25, 0.3) is 84.5 Å². The largest absolute Gasteiger partial charge is 0.619 e. The van der Waals surface area contributed by atoms with Crippen molar-refractivity contribution in [3.63, 3.8) is 0 Å². The lowest BCUT2D eigenvalue weighted by atomic mass is 10.1. The van der Waals surface area contributed by atoms with Crippen LogP contribution in [0.5, 0.6) is 0 Å². The maximum atomic E-state index is 12.8. The summed E-state index contributed by atoms with van der Waals surface area (Å²) in [5, 5.41) is 54.9. The third-order valence-electron chi connectivity index (χ3n) is 24.1. The van der Waals surface area contributed by atoms with E-state index in [0.29, 0.717) is 91.4 Å². The van der Waals surface area contributed by atoms with E-state index in [1.54, 1.807) is 114 Å². The summed E-state index contributed by atoms with van der Waals surface area (Å²) < 4.78 is 38.2. The number of aromatic nitrogens is 20. The van der Waals surface area contributed by atoms with Crippen LogP contribution in [-0.4, -0.2) is 125 Å². The van der Waals surface area contributed by atoms with Crippen LogP contribution in [-0.2, 0) is 10.0 Å². The summed E-state index contributed by atoms with van der Waals surface area (Å²) in [6, 6.07) is 74.4. The first-order valence-electron chi connectivity index (χ1n) is 45.2. The summed E-state index contributed by atoms with van der Waals surface area (Å²) >= 11 is 0. The molecule has 0 bridgehead atoms. The molecule has 4 amide bonds. The van der Waals surface area contributed by atoms with Crippen LogP contribution in [0.1, 0.15) is 163 Å². The molecule has 5 aliphatic rings. The maximum Gasteiger partial charge on any atom is 0.263 e. The number of hydrogen-bond donors (Lipinski definition) is 6. The second kappa shape index (κ2) is 38.0. The van der Waals surface area contributed by atoms with Gasteiger partial charge in [0.1, 0.15) is 34.7 Å². The number of benzene rings is 5. The van der Waals surface area contributed by atoms with Gasteiger partial charge in [0.2, 0.25) is 12.4 Å². The molecule has 15 heterocycles. The highest BCUT2D eigenvalue weighted by Crippen LogP contribution is 2.47. The fraction of sp³-hybridized carbons (Fsp3) is 0.144. The fourth-order valence-corrected chi connectivity index (χ4v) is 17.2. The highest BCUT2D eigenvalue weighted by Gasteiger charge is 2.35. The van der Waals surface area contributed by atoms with Crippen LogP contribution < -0.4 is 35.5 Å². The number of sulfonamides is 1. The van der Waals surface area contributed by atoms with Crippen LogP contribution >= 0.6 is 0 Å². The summed E-state index contributed by atoms with van der Waals surface area (Å²) in [4.78, 5) is 86.8. The molecule has 33 nitrogen and oxygen atoms in total. The number of nitrogens with zero attached hydrogens (tertiary/aromatic N) is 20. The van der Waals surface area contributed by atoms with Crippen molar-refractivity contribution in [2.45, 2.75) is 98.7 Å². The topological polar surface area (TPSA) is 403 Å². The van der Waals surface area contributed by atoms with Gasteiger partial charge in [-0.25, -0.2) is 33.3 Å². The summed E-state index contributed by atoms with van der Waals surface area (Å²) in [6.07, 6.45) is 35.3. The molecule has 5 aliphatic carbocycles. The first kappa shape index (κ1) is 86.9. The van der Waals surface area contributed by atoms with Gasteiger partial charge in [-0.1, -0.05) is 152 Å². The molecule has 0 atom stereocenters. The molecule has 5 fully saturated rings. The number of rotatable bonds is 21. The second-order valence-corrected chi connectivity index (χ2v) is 35.7. The van der Waals surface area contributed by atoms with Gasteiger partial charge in [0.15, 0.2) is 40.6 Å². The van der Waals surface area contributed by atoms with Gasteiger partial charge in [0.25, 0.3) is 33.7 Å². The first-order valence-corrected chi connectivity index (χ1v) is 46.6. The number of hydrogen-bond acceptors (Lipinski definition) is 21. The van der Waals surface area contributed by atoms with Crippen molar-refractivity contribution in [3.8, 4) is 56.3 Å². The Hall–Kier alpha value is -17.8. The highest BCUT2D eigenvalue weighted by molar-refractivity contribution is 7.92. The van der Waals surface area contributed by atoms with Crippen LogP contribution in [0.15, 0.2) is 341 Å². The molecule has 15 aromatic heterocycles. The Bertz CT molecular complexity index is 7850. The third-order valence-corrected chi connectivity index (χ3v) is 25.4. The highest BCUT2D eigenvalue weighted by atomic mass is 32.2. The molecule has 680 valence electrons. The molecule has 6 N–H and O–H groups in total. The second-order valence-electron chi connectivity index (χ2n) is 34.0. The SMILES string of the molecule is O=C(Nc1cc(-c2ccccc2)nc2c(C3CC3)cnn12)c1cc[n+](O)cc1.O=C(Nc1cc(-c2ccccc2)nc2c(C3CC3)cnn12)c1ccc[n+]([O-])c1.O=C(Nc1cc(-c2ccccc2)nc2c(C3CC3)cnn12)c1cccnc1.O=C(Nc1cc(-c2ccccc2)nc2c(C3CC3)cnn12)c1ccncc1.O=S(=O)(Nc1cc(-c2ccccc2)nc2c(C3CC3)cnn12)c1ccncc1. The van der Waals surface area contributed by atoms with E-state index in [4.69, 9.17) is 24.9 Å². The molecule has 0 aliphatic heterocycles. The molecule has 20 aromatic rings. The van der Waals surface area contributed by atoms with Crippen molar-refractivity contribution in [2.75, 3.05) is 26.0 Å². The lowest BCUT2D eigenvalue weighted by molar-refractivity contribution is -0.904. The number of pyridine rings is 5. The van der Waals surface area contributed by atoms with Crippen LogP contribution in [0, 0.1) is 5.21 Å². The van der Waals surface area contributed by atoms with E-state index in [0.717, 1.165) is 170 Å². The van der Waals surface area contributed by atoms with Gasteiger partial charge in [-0.15, -0.1) is 0 Å². The summed E-state index contributed by atoms with van der Waals surface area (Å²) in [6.45, 7) is 0. The van der Waals surface area contributed by atoms with Gasteiger partial charge >= 0.3 is 0 Å². The number of fused-ring (bicyclic) bond motifs is 5. The monoisotopic (exact) mass is 1840 g/mol. The molecule has 25 rings (SSSR count). The van der Waals surface area contributed by atoms with Crippen LogP contribution in [0.2, 0.25) is 0 Å². The zero-order chi connectivity index (χ0) is 93.7. The molecule has 0 unspecified atom stereocenters. The Labute approximate surface area is 788 Å². The van der Waals surface area contributed by atoms with Crippen molar-refractivity contribution in [2.24, 2.45) is 0 Å². The van der Waals surface area contributed by atoms with Gasteiger partial charge in [-0.2, -0.15) is 52.8 Å². The van der Waals surface area contributed by atoms with Crippen molar-refractivity contribution in [1.29, 1.82) is 0 Å².